The highest BCUT2D eigenvalue weighted by Crippen LogP contribution is 2.25. The van der Waals surface area contributed by atoms with Crippen molar-refractivity contribution in [2.24, 2.45) is 0 Å². The number of para-hydroxylation sites is 1. The summed E-state index contributed by atoms with van der Waals surface area (Å²) in [5, 5.41) is 7.61. The van der Waals surface area contributed by atoms with Gasteiger partial charge in [0.1, 0.15) is 0 Å². The summed E-state index contributed by atoms with van der Waals surface area (Å²) >= 11 is 6.82. The van der Waals surface area contributed by atoms with Crippen molar-refractivity contribution in [3.8, 4) is 0 Å². The number of thiocarbonyl (C=S) groups is 1. The average Bonchev–Trinajstić information content (AvgIpc) is 3.17. The number of sulfonamides is 1. The van der Waals surface area contributed by atoms with Crippen LogP contribution >= 0.6 is 23.6 Å². The van der Waals surface area contributed by atoms with E-state index in [1.54, 1.807) is 18.2 Å². The van der Waals surface area contributed by atoms with Crippen LogP contribution < -0.4 is 20.9 Å². The molecule has 4 N–H and O–H groups in total. The lowest BCUT2D eigenvalue weighted by molar-refractivity contribution is 0.415. The molecule has 7 nitrogen and oxygen atoms in total. The van der Waals surface area contributed by atoms with E-state index in [0.29, 0.717) is 16.3 Å². The van der Waals surface area contributed by atoms with Crippen molar-refractivity contribution in [2.75, 3.05) is 10.7 Å². The van der Waals surface area contributed by atoms with Gasteiger partial charge in [-0.05, 0) is 67.9 Å². The van der Waals surface area contributed by atoms with Crippen LogP contribution in [0.2, 0.25) is 0 Å². The van der Waals surface area contributed by atoms with E-state index in [1.807, 2.05) is 31.2 Å². The van der Waals surface area contributed by atoms with Gasteiger partial charge >= 0.3 is 0 Å². The molecule has 3 aromatic rings. The Kier molecular flexibility index (Phi) is 6.71. The molecule has 0 atom stereocenters. The molecule has 1 heterocycles. The molecule has 1 saturated carbocycles. The SMILES string of the molecule is Cc1cc(S(=O)(=O)NNc2nc3ccccc3s2)ccc1NC(=S)NC1CCCCC1. The molecule has 0 unspecified atom stereocenters. The standard InChI is InChI=1S/C21H25N5O2S3/c1-14-13-16(11-12-17(14)23-20(29)22-15-7-3-2-4-8-15)31(27,28)26-25-21-24-18-9-5-6-10-19(18)30-21/h5-6,9-13,15,26H,2-4,7-8H2,1H3,(H,24,25)(H2,22,23,29). The number of thiazole rings is 1. The molecule has 0 bridgehead atoms. The zero-order chi connectivity index (χ0) is 21.8. The van der Waals surface area contributed by atoms with E-state index in [4.69, 9.17) is 12.2 Å². The zero-order valence-corrected chi connectivity index (χ0v) is 19.6. The quantitative estimate of drug-likeness (QED) is 0.307. The fraction of sp³-hybridized carbons (Fsp3) is 0.333. The van der Waals surface area contributed by atoms with E-state index in [9.17, 15) is 8.42 Å². The first-order valence-electron chi connectivity index (χ1n) is 10.2. The number of anilines is 2. The average molecular weight is 476 g/mol. The van der Waals surface area contributed by atoms with Gasteiger partial charge in [-0.15, -0.1) is 4.83 Å². The molecular weight excluding hydrogens is 450 g/mol. The molecule has 10 heteroatoms. The van der Waals surface area contributed by atoms with Crippen LogP contribution in [0.15, 0.2) is 47.4 Å². The van der Waals surface area contributed by atoms with Gasteiger partial charge in [-0.3, -0.25) is 5.43 Å². The third-order valence-electron chi connectivity index (χ3n) is 5.28. The van der Waals surface area contributed by atoms with Crippen molar-refractivity contribution in [1.82, 2.24) is 15.1 Å². The Hall–Kier alpha value is -2.27. The number of aromatic nitrogens is 1. The van der Waals surface area contributed by atoms with Crippen LogP contribution in [-0.2, 0) is 10.0 Å². The molecule has 0 amide bonds. The maximum Gasteiger partial charge on any atom is 0.257 e. The van der Waals surface area contributed by atoms with Crippen molar-refractivity contribution in [1.29, 1.82) is 0 Å². The number of nitrogens with zero attached hydrogens (tertiary/aromatic N) is 1. The van der Waals surface area contributed by atoms with Gasteiger partial charge < -0.3 is 10.6 Å². The minimum atomic E-state index is -3.76. The summed E-state index contributed by atoms with van der Waals surface area (Å²) in [5.74, 6) is 0. The third kappa shape index (κ3) is 5.51. The van der Waals surface area contributed by atoms with Gasteiger partial charge in [0.15, 0.2) is 10.2 Å². The summed E-state index contributed by atoms with van der Waals surface area (Å²) < 4.78 is 26.4. The number of hydrogen-bond donors (Lipinski definition) is 4. The Morgan fingerprint density at radius 2 is 1.90 bits per heavy atom. The highest BCUT2D eigenvalue weighted by Gasteiger charge is 2.17. The third-order valence-corrected chi connectivity index (χ3v) is 7.70. The highest BCUT2D eigenvalue weighted by molar-refractivity contribution is 7.89. The second-order valence-corrected chi connectivity index (χ2v) is 10.7. The van der Waals surface area contributed by atoms with Gasteiger partial charge in [-0.2, -0.15) is 0 Å². The molecule has 1 aliphatic rings. The first-order valence-corrected chi connectivity index (χ1v) is 12.9. The van der Waals surface area contributed by atoms with Gasteiger partial charge in [0.2, 0.25) is 0 Å². The number of fused-ring (bicyclic) bond motifs is 1. The Morgan fingerprint density at radius 1 is 1.13 bits per heavy atom. The van der Waals surface area contributed by atoms with Crippen LogP contribution in [0.4, 0.5) is 10.8 Å². The van der Waals surface area contributed by atoms with Gasteiger partial charge in [0.05, 0.1) is 15.1 Å². The van der Waals surface area contributed by atoms with Gasteiger partial charge in [0.25, 0.3) is 10.0 Å². The fourth-order valence-electron chi connectivity index (χ4n) is 3.63. The lowest BCUT2D eigenvalue weighted by Gasteiger charge is -2.24. The van der Waals surface area contributed by atoms with Gasteiger partial charge in [-0.1, -0.05) is 42.7 Å². The molecule has 1 aliphatic carbocycles. The predicted molar refractivity (Wildman–Crippen MR) is 131 cm³/mol. The first-order chi connectivity index (χ1) is 14.9. The summed E-state index contributed by atoms with van der Waals surface area (Å²) in [4.78, 5) is 6.94. The van der Waals surface area contributed by atoms with Crippen LogP contribution in [0.3, 0.4) is 0 Å². The molecule has 1 aromatic heterocycles. The summed E-state index contributed by atoms with van der Waals surface area (Å²) in [7, 11) is -3.76. The van der Waals surface area contributed by atoms with Crippen LogP contribution in [0, 0.1) is 6.92 Å². The normalized spacial score (nSPS) is 15.0. The molecule has 0 spiro atoms. The van der Waals surface area contributed by atoms with E-state index in [-0.39, 0.29) is 4.90 Å². The van der Waals surface area contributed by atoms with Crippen molar-refractivity contribution in [3.63, 3.8) is 0 Å². The minimum Gasteiger partial charge on any atom is -0.360 e. The predicted octanol–water partition coefficient (Wildman–Crippen LogP) is 4.53. The van der Waals surface area contributed by atoms with Crippen LogP contribution in [0.25, 0.3) is 10.2 Å². The topological polar surface area (TPSA) is 95.2 Å². The Morgan fingerprint density at radius 3 is 2.65 bits per heavy atom. The maximum atomic E-state index is 12.7. The lowest BCUT2D eigenvalue weighted by atomic mass is 9.96. The van der Waals surface area contributed by atoms with Crippen molar-refractivity contribution >= 4 is 59.7 Å². The fourth-order valence-corrected chi connectivity index (χ4v) is 5.72. The molecule has 0 radical (unpaired) electrons. The molecular formula is C21H25N5O2S3. The Bertz CT molecular complexity index is 1150. The highest BCUT2D eigenvalue weighted by atomic mass is 32.2. The number of hydrogen-bond acceptors (Lipinski definition) is 6. The second kappa shape index (κ2) is 9.47. The number of rotatable bonds is 6. The number of aryl methyl sites for hydroxylation is 1. The molecule has 2 aromatic carbocycles. The van der Waals surface area contributed by atoms with E-state index in [2.05, 4.69) is 25.9 Å². The summed E-state index contributed by atoms with van der Waals surface area (Å²) in [6.07, 6.45) is 6.00. The van der Waals surface area contributed by atoms with Crippen molar-refractivity contribution in [3.05, 3.63) is 48.0 Å². The van der Waals surface area contributed by atoms with Crippen LogP contribution in [-0.4, -0.2) is 24.6 Å². The zero-order valence-electron chi connectivity index (χ0n) is 17.1. The number of benzene rings is 2. The summed E-state index contributed by atoms with van der Waals surface area (Å²) in [6, 6.07) is 13.0. The molecule has 0 aliphatic heterocycles. The lowest BCUT2D eigenvalue weighted by Crippen LogP contribution is -2.39. The summed E-state index contributed by atoms with van der Waals surface area (Å²) in [5.41, 5.74) is 5.10. The second-order valence-electron chi connectivity index (χ2n) is 7.63. The Balaban J connectivity index is 1.39. The van der Waals surface area contributed by atoms with Crippen molar-refractivity contribution in [2.45, 2.75) is 50.0 Å². The first kappa shape index (κ1) is 21.9. The van der Waals surface area contributed by atoms with E-state index >= 15 is 0 Å². The maximum absolute atomic E-state index is 12.7. The smallest absolute Gasteiger partial charge is 0.257 e. The number of hydrazine groups is 1. The van der Waals surface area contributed by atoms with E-state index < -0.39 is 10.0 Å². The summed E-state index contributed by atoms with van der Waals surface area (Å²) in [6.45, 7) is 1.85. The molecule has 1 fully saturated rings. The monoisotopic (exact) mass is 475 g/mol. The van der Waals surface area contributed by atoms with E-state index in [0.717, 1.165) is 34.3 Å². The van der Waals surface area contributed by atoms with Gasteiger partial charge in [-0.25, -0.2) is 13.4 Å². The largest absolute Gasteiger partial charge is 0.360 e. The van der Waals surface area contributed by atoms with Crippen LogP contribution in [0.5, 0.6) is 0 Å². The van der Waals surface area contributed by atoms with Crippen molar-refractivity contribution < 1.29 is 8.42 Å². The Labute approximate surface area is 191 Å². The van der Waals surface area contributed by atoms with Crippen LogP contribution in [0.1, 0.15) is 37.7 Å². The van der Waals surface area contributed by atoms with Gasteiger partial charge in [0, 0.05) is 11.7 Å². The number of nitrogens with one attached hydrogen (secondary N) is 4. The molecule has 31 heavy (non-hydrogen) atoms. The molecule has 164 valence electrons. The van der Waals surface area contributed by atoms with E-state index in [1.165, 1.54) is 30.6 Å². The molecule has 4 rings (SSSR count). The molecule has 0 saturated heterocycles. The minimum absolute atomic E-state index is 0.162.